The first-order valence-electron chi connectivity index (χ1n) is 5.57. The summed E-state index contributed by atoms with van der Waals surface area (Å²) in [4.78, 5) is 11.7. The van der Waals surface area contributed by atoms with Gasteiger partial charge >= 0.3 is 6.18 Å². The van der Waals surface area contributed by atoms with E-state index >= 15 is 0 Å². The average molecular weight is 287 g/mol. The maximum atomic E-state index is 12.9. The fourth-order valence-electron chi connectivity index (χ4n) is 2.06. The first-order valence-corrected chi connectivity index (χ1v) is 7.63. The van der Waals surface area contributed by atoms with Gasteiger partial charge in [0.05, 0.1) is 5.75 Å². The van der Waals surface area contributed by atoms with Gasteiger partial charge in [-0.3, -0.25) is 4.79 Å². The first kappa shape index (κ1) is 15.4. The summed E-state index contributed by atoms with van der Waals surface area (Å²) < 4.78 is 60.6. The van der Waals surface area contributed by atoms with Crippen LogP contribution >= 0.6 is 0 Å². The average Bonchev–Trinajstić information content (AvgIpc) is 2.63. The van der Waals surface area contributed by atoms with Crippen LogP contribution in [0.25, 0.3) is 0 Å². The summed E-state index contributed by atoms with van der Waals surface area (Å²) in [5.41, 5.74) is -2.33. The Kier molecular flexibility index (Phi) is 4.42. The summed E-state index contributed by atoms with van der Waals surface area (Å²) in [6.07, 6.45) is -4.27. The predicted molar refractivity (Wildman–Crippen MR) is 59.9 cm³/mol. The largest absolute Gasteiger partial charge is 0.402 e. The topological polar surface area (TPSA) is 63.2 Å². The minimum atomic E-state index is -4.58. The lowest BCUT2D eigenvalue weighted by Crippen LogP contribution is -2.46. The smallest absolute Gasteiger partial charge is 0.315 e. The number of hydrogen-bond donors (Lipinski definition) is 1. The molecule has 1 N–H and O–H groups in total. The Labute approximate surface area is 104 Å². The van der Waals surface area contributed by atoms with Gasteiger partial charge in [0.2, 0.25) is 0 Å². The van der Waals surface area contributed by atoms with Crippen LogP contribution in [-0.4, -0.2) is 45.5 Å². The molecule has 0 amide bonds. The highest BCUT2D eigenvalue weighted by molar-refractivity contribution is 7.90. The van der Waals surface area contributed by atoms with Crippen LogP contribution in [0.4, 0.5) is 13.2 Å². The Hall–Kier alpha value is -0.630. The van der Waals surface area contributed by atoms with E-state index in [0.717, 1.165) is 6.26 Å². The lowest BCUT2D eigenvalue weighted by Gasteiger charge is -2.29. The molecule has 1 unspecified atom stereocenters. The van der Waals surface area contributed by atoms with Crippen molar-refractivity contribution in [3.05, 3.63) is 0 Å². The van der Waals surface area contributed by atoms with Crippen molar-refractivity contribution in [3.63, 3.8) is 0 Å². The van der Waals surface area contributed by atoms with Gasteiger partial charge in [-0.2, -0.15) is 13.2 Å². The SMILES string of the molecule is CS(=O)(=O)CCCC(=O)C1(C(F)(F)F)CCNC1. The molecule has 1 atom stereocenters. The number of ketones is 1. The summed E-state index contributed by atoms with van der Waals surface area (Å²) in [6, 6.07) is 0. The fraction of sp³-hybridized carbons (Fsp3) is 0.900. The van der Waals surface area contributed by atoms with Crippen LogP contribution in [0.15, 0.2) is 0 Å². The molecule has 0 aromatic heterocycles. The normalized spacial score (nSPS) is 25.3. The predicted octanol–water partition coefficient (Wildman–Crippen LogP) is 0.922. The molecular weight excluding hydrogens is 271 g/mol. The minimum Gasteiger partial charge on any atom is -0.315 e. The molecule has 8 heteroatoms. The molecule has 0 bridgehead atoms. The molecule has 106 valence electrons. The molecule has 1 heterocycles. The molecule has 1 saturated heterocycles. The highest BCUT2D eigenvalue weighted by atomic mass is 32.2. The van der Waals surface area contributed by atoms with E-state index in [1.54, 1.807) is 0 Å². The van der Waals surface area contributed by atoms with Crippen molar-refractivity contribution >= 4 is 15.6 Å². The van der Waals surface area contributed by atoms with Crippen LogP contribution in [0.1, 0.15) is 19.3 Å². The summed E-state index contributed by atoms with van der Waals surface area (Å²) in [6.45, 7) is -0.258. The summed E-state index contributed by atoms with van der Waals surface area (Å²) >= 11 is 0. The lowest BCUT2D eigenvalue weighted by molar-refractivity contribution is -0.214. The molecule has 4 nitrogen and oxygen atoms in total. The number of carbonyl (C=O) groups excluding carboxylic acids is 1. The zero-order valence-corrected chi connectivity index (χ0v) is 10.8. The van der Waals surface area contributed by atoms with Crippen LogP contribution in [-0.2, 0) is 14.6 Å². The summed E-state index contributed by atoms with van der Waals surface area (Å²) in [7, 11) is -3.25. The van der Waals surface area contributed by atoms with Crippen molar-refractivity contribution in [1.82, 2.24) is 5.32 Å². The van der Waals surface area contributed by atoms with Crippen molar-refractivity contribution < 1.29 is 26.4 Å². The zero-order valence-electron chi connectivity index (χ0n) is 10.0. The van der Waals surface area contributed by atoms with Gasteiger partial charge in [0.1, 0.15) is 21.0 Å². The van der Waals surface area contributed by atoms with Crippen molar-refractivity contribution in [2.45, 2.75) is 25.4 Å². The van der Waals surface area contributed by atoms with Crippen LogP contribution < -0.4 is 5.32 Å². The minimum absolute atomic E-state index is 0.0600. The van der Waals surface area contributed by atoms with Gasteiger partial charge in [0, 0.05) is 19.2 Å². The standard InChI is InChI=1S/C10H16F3NO3S/c1-18(16,17)6-2-3-8(15)9(10(11,12)13)4-5-14-7-9/h14H,2-7H2,1H3. The molecule has 0 aromatic carbocycles. The second-order valence-corrected chi connectivity index (χ2v) is 6.92. The first-order chi connectivity index (χ1) is 8.08. The molecule has 0 aliphatic carbocycles. The van der Waals surface area contributed by atoms with E-state index in [2.05, 4.69) is 5.32 Å². The number of nitrogens with one attached hydrogen (secondary N) is 1. The Balaban J connectivity index is 2.68. The molecule has 0 spiro atoms. The third kappa shape index (κ3) is 3.44. The molecule has 1 aliphatic heterocycles. The van der Waals surface area contributed by atoms with Crippen LogP contribution in [0, 0.1) is 5.41 Å². The van der Waals surface area contributed by atoms with Crippen LogP contribution in [0.2, 0.25) is 0 Å². The molecule has 0 aromatic rings. The lowest BCUT2D eigenvalue weighted by atomic mass is 9.80. The quantitative estimate of drug-likeness (QED) is 0.817. The maximum Gasteiger partial charge on any atom is 0.402 e. The van der Waals surface area contributed by atoms with Crippen LogP contribution in [0.3, 0.4) is 0 Å². The van der Waals surface area contributed by atoms with E-state index in [-0.39, 0.29) is 31.6 Å². The Morgan fingerprint density at radius 2 is 2.00 bits per heavy atom. The van der Waals surface area contributed by atoms with Gasteiger partial charge in [-0.1, -0.05) is 0 Å². The zero-order chi connectivity index (χ0) is 14.0. The van der Waals surface area contributed by atoms with Gasteiger partial charge in [-0.05, 0) is 19.4 Å². The van der Waals surface area contributed by atoms with Gasteiger partial charge in [0.15, 0.2) is 0 Å². The van der Waals surface area contributed by atoms with Crippen molar-refractivity contribution in [2.75, 3.05) is 25.1 Å². The highest BCUT2D eigenvalue weighted by Gasteiger charge is 2.60. The fourth-order valence-corrected chi connectivity index (χ4v) is 2.73. The molecule has 1 aliphatic rings. The molecule has 0 saturated carbocycles. The third-order valence-corrected chi connectivity index (χ3v) is 4.18. The van der Waals surface area contributed by atoms with Crippen molar-refractivity contribution in [2.24, 2.45) is 5.41 Å². The van der Waals surface area contributed by atoms with Gasteiger partial charge in [0.25, 0.3) is 0 Å². The van der Waals surface area contributed by atoms with E-state index < -0.39 is 33.8 Å². The van der Waals surface area contributed by atoms with Crippen LogP contribution in [0.5, 0.6) is 0 Å². The second-order valence-electron chi connectivity index (χ2n) is 4.66. The number of carbonyl (C=O) groups is 1. The van der Waals surface area contributed by atoms with E-state index in [1.807, 2.05) is 0 Å². The molecular formula is C10H16F3NO3S. The Bertz CT molecular complexity index is 411. The number of halogens is 3. The Morgan fingerprint density at radius 1 is 1.39 bits per heavy atom. The van der Waals surface area contributed by atoms with E-state index in [9.17, 15) is 26.4 Å². The van der Waals surface area contributed by atoms with Gasteiger partial charge in [-0.15, -0.1) is 0 Å². The summed E-state index contributed by atoms with van der Waals surface area (Å²) in [5.74, 6) is -1.18. The summed E-state index contributed by atoms with van der Waals surface area (Å²) in [5, 5.41) is 2.55. The van der Waals surface area contributed by atoms with E-state index in [0.29, 0.717) is 0 Å². The second kappa shape index (κ2) is 5.16. The van der Waals surface area contributed by atoms with Crippen molar-refractivity contribution in [1.29, 1.82) is 0 Å². The highest BCUT2D eigenvalue weighted by Crippen LogP contribution is 2.44. The number of rotatable bonds is 5. The third-order valence-electron chi connectivity index (χ3n) is 3.15. The number of Topliss-reactive ketones (excluding diaryl/α,β-unsaturated/α-hetero) is 1. The molecule has 18 heavy (non-hydrogen) atoms. The monoisotopic (exact) mass is 287 g/mol. The number of alkyl halides is 3. The van der Waals surface area contributed by atoms with E-state index in [4.69, 9.17) is 0 Å². The number of hydrogen-bond acceptors (Lipinski definition) is 4. The molecule has 1 fully saturated rings. The van der Waals surface area contributed by atoms with Crippen molar-refractivity contribution in [3.8, 4) is 0 Å². The maximum absolute atomic E-state index is 12.9. The van der Waals surface area contributed by atoms with Gasteiger partial charge in [-0.25, -0.2) is 8.42 Å². The molecule has 0 radical (unpaired) electrons. The molecule has 1 rings (SSSR count). The van der Waals surface area contributed by atoms with E-state index in [1.165, 1.54) is 0 Å². The van der Waals surface area contributed by atoms with Gasteiger partial charge < -0.3 is 5.32 Å². The Morgan fingerprint density at radius 3 is 2.39 bits per heavy atom. The number of sulfone groups is 1.